The van der Waals surface area contributed by atoms with Crippen LogP contribution in [-0.2, 0) is 17.2 Å². The summed E-state index contributed by atoms with van der Waals surface area (Å²) in [5.41, 5.74) is -3.33. The van der Waals surface area contributed by atoms with Gasteiger partial charge < -0.3 is 4.55 Å². The van der Waals surface area contributed by atoms with Crippen LogP contribution >= 0.6 is 11.6 Å². The molecule has 0 saturated heterocycles. The van der Waals surface area contributed by atoms with E-state index < -0.39 is 15.6 Å². The van der Waals surface area contributed by atoms with Crippen molar-refractivity contribution in [3.05, 3.63) is 53.6 Å². The van der Waals surface area contributed by atoms with E-state index in [2.05, 4.69) is 35.9 Å². The zero-order valence-corrected chi connectivity index (χ0v) is 13.8. The van der Waals surface area contributed by atoms with E-state index in [0.29, 0.717) is 0 Å². The van der Waals surface area contributed by atoms with Crippen LogP contribution in [0, 0.1) is 0 Å². The monoisotopic (exact) mass is 377 g/mol. The molecule has 0 spiro atoms. The number of benzene rings is 2. The third kappa shape index (κ3) is 3.61. The predicted octanol–water partition coefficient (Wildman–Crippen LogP) is 3.52. The minimum absolute atomic E-state index is 0.837. The van der Waals surface area contributed by atoms with Crippen LogP contribution in [-0.4, -0.2) is 18.5 Å². The molecule has 128 valence electrons. The van der Waals surface area contributed by atoms with Crippen LogP contribution in [0.4, 0.5) is 13.2 Å². The SMILES string of the molecule is C[n+]1c2ccccc2c(Cl)c2ccccc21.O=S(=O)([O-])C(F)(F)F. The van der Waals surface area contributed by atoms with Gasteiger partial charge in [-0.15, -0.1) is 0 Å². The van der Waals surface area contributed by atoms with Crippen molar-refractivity contribution in [3.8, 4) is 0 Å². The number of para-hydroxylation sites is 2. The molecule has 2 aromatic carbocycles. The Balaban J connectivity index is 0.000000224. The fourth-order valence-corrected chi connectivity index (χ4v) is 2.50. The van der Waals surface area contributed by atoms with Gasteiger partial charge in [0, 0.05) is 12.1 Å². The summed E-state index contributed by atoms with van der Waals surface area (Å²) in [4.78, 5) is 0. The molecule has 0 unspecified atom stereocenters. The first-order valence-electron chi connectivity index (χ1n) is 6.51. The molecule has 0 aliphatic carbocycles. The van der Waals surface area contributed by atoms with Gasteiger partial charge in [-0.25, -0.2) is 8.42 Å². The minimum atomic E-state index is -6.09. The van der Waals surface area contributed by atoms with Gasteiger partial charge in [-0.2, -0.15) is 17.7 Å². The highest BCUT2D eigenvalue weighted by atomic mass is 35.5. The standard InChI is InChI=1S/C14H11ClN.CHF3O3S/c1-16-12-8-4-2-6-10(12)14(15)11-7-3-5-9-13(11)16;2-1(3,4)8(5,6)7/h2-9H,1H3;(H,5,6,7)/q+1;/p-1. The molecule has 0 N–H and O–H groups in total. The van der Waals surface area contributed by atoms with Gasteiger partial charge in [0.2, 0.25) is 11.0 Å². The van der Waals surface area contributed by atoms with Gasteiger partial charge in [-0.1, -0.05) is 35.9 Å². The molecular weight excluding hydrogens is 367 g/mol. The maximum atomic E-state index is 10.7. The molecule has 0 atom stereocenters. The Morgan fingerprint density at radius 3 is 1.62 bits per heavy atom. The summed E-state index contributed by atoms with van der Waals surface area (Å²) in [5, 5.41) is 3.04. The van der Waals surface area contributed by atoms with E-state index >= 15 is 0 Å². The molecule has 24 heavy (non-hydrogen) atoms. The van der Waals surface area contributed by atoms with Gasteiger partial charge in [0.15, 0.2) is 10.1 Å². The van der Waals surface area contributed by atoms with Crippen LogP contribution in [0.15, 0.2) is 48.5 Å². The normalized spacial score (nSPS) is 12.1. The highest BCUT2D eigenvalue weighted by molar-refractivity contribution is 7.86. The quantitative estimate of drug-likeness (QED) is 0.260. The third-order valence-corrected chi connectivity index (χ3v) is 4.26. The fraction of sp³-hybridized carbons (Fsp3) is 0.133. The third-order valence-electron chi connectivity index (χ3n) is 3.29. The summed E-state index contributed by atoms with van der Waals surface area (Å²) in [5.74, 6) is 0. The van der Waals surface area contributed by atoms with Crippen molar-refractivity contribution >= 4 is 43.5 Å². The second-order valence-electron chi connectivity index (χ2n) is 4.81. The van der Waals surface area contributed by atoms with Crippen molar-refractivity contribution in [2.75, 3.05) is 0 Å². The number of hydrogen-bond acceptors (Lipinski definition) is 3. The predicted molar refractivity (Wildman–Crippen MR) is 83.4 cm³/mol. The molecule has 0 aliphatic heterocycles. The summed E-state index contributed by atoms with van der Waals surface area (Å²) in [6.45, 7) is 0. The van der Waals surface area contributed by atoms with Gasteiger partial charge >= 0.3 is 5.51 Å². The molecule has 1 aromatic heterocycles. The van der Waals surface area contributed by atoms with E-state index in [9.17, 15) is 13.2 Å². The van der Waals surface area contributed by atoms with Crippen molar-refractivity contribution in [1.82, 2.24) is 0 Å². The average Bonchev–Trinajstić information content (AvgIpc) is 2.51. The first-order valence-corrected chi connectivity index (χ1v) is 8.30. The van der Waals surface area contributed by atoms with E-state index in [-0.39, 0.29) is 0 Å². The molecule has 0 saturated carbocycles. The van der Waals surface area contributed by atoms with Crippen LogP contribution < -0.4 is 4.57 Å². The van der Waals surface area contributed by atoms with Crippen LogP contribution in [0.2, 0.25) is 5.02 Å². The average molecular weight is 378 g/mol. The lowest BCUT2D eigenvalue weighted by Gasteiger charge is -2.08. The Labute approximate surface area is 140 Å². The topological polar surface area (TPSA) is 61.1 Å². The molecule has 0 bridgehead atoms. The number of pyridine rings is 1. The van der Waals surface area contributed by atoms with Crippen molar-refractivity contribution in [2.24, 2.45) is 7.05 Å². The van der Waals surface area contributed by atoms with Crippen LogP contribution in [0.3, 0.4) is 0 Å². The molecular formula is C15H11ClF3NO3S. The van der Waals surface area contributed by atoms with Gasteiger partial charge in [0.05, 0.1) is 15.8 Å². The van der Waals surface area contributed by atoms with Gasteiger partial charge in [0.1, 0.15) is 7.05 Å². The van der Waals surface area contributed by atoms with E-state index in [1.807, 2.05) is 24.3 Å². The van der Waals surface area contributed by atoms with Gasteiger partial charge in [0.25, 0.3) is 0 Å². The Bertz CT molecular complexity index is 887. The van der Waals surface area contributed by atoms with Crippen LogP contribution in [0.5, 0.6) is 0 Å². The first-order chi connectivity index (χ1) is 11.0. The number of rotatable bonds is 0. The van der Waals surface area contributed by atoms with Gasteiger partial charge in [-0.3, -0.25) is 0 Å². The molecule has 3 rings (SSSR count). The summed E-state index contributed by atoms with van der Waals surface area (Å²) >= 11 is 6.43. The minimum Gasteiger partial charge on any atom is -0.741 e. The summed E-state index contributed by atoms with van der Waals surface area (Å²) in [6, 6.07) is 16.4. The second kappa shape index (κ2) is 6.54. The Morgan fingerprint density at radius 1 is 0.958 bits per heavy atom. The fourth-order valence-electron chi connectivity index (χ4n) is 2.18. The number of hydrogen-bond donors (Lipinski definition) is 0. The largest absolute Gasteiger partial charge is 0.741 e. The van der Waals surface area contributed by atoms with Crippen molar-refractivity contribution in [1.29, 1.82) is 0 Å². The molecule has 4 nitrogen and oxygen atoms in total. The maximum Gasteiger partial charge on any atom is 0.485 e. The van der Waals surface area contributed by atoms with Crippen molar-refractivity contribution in [3.63, 3.8) is 0 Å². The zero-order valence-electron chi connectivity index (χ0n) is 12.2. The van der Waals surface area contributed by atoms with Crippen molar-refractivity contribution in [2.45, 2.75) is 5.51 Å². The van der Waals surface area contributed by atoms with Crippen molar-refractivity contribution < 1.29 is 30.7 Å². The number of nitrogens with zero attached hydrogens (tertiary/aromatic N) is 1. The summed E-state index contributed by atoms with van der Waals surface area (Å²) in [7, 11) is -4.02. The lowest BCUT2D eigenvalue weighted by Crippen LogP contribution is -2.30. The zero-order chi connectivity index (χ0) is 18.1. The smallest absolute Gasteiger partial charge is 0.485 e. The van der Waals surface area contributed by atoms with E-state index in [1.54, 1.807) is 0 Å². The number of fused-ring (bicyclic) bond motifs is 2. The van der Waals surface area contributed by atoms with E-state index in [4.69, 9.17) is 24.6 Å². The molecule has 3 aromatic rings. The Kier molecular flexibility index (Phi) is 5.03. The first kappa shape index (κ1) is 18.4. The lowest BCUT2D eigenvalue weighted by atomic mass is 10.1. The maximum absolute atomic E-state index is 10.7. The molecule has 9 heteroatoms. The number of halogens is 4. The van der Waals surface area contributed by atoms with E-state index in [0.717, 1.165) is 26.8 Å². The number of alkyl halides is 3. The van der Waals surface area contributed by atoms with Crippen LogP contribution in [0.25, 0.3) is 21.8 Å². The molecule has 0 amide bonds. The molecule has 0 radical (unpaired) electrons. The lowest BCUT2D eigenvalue weighted by molar-refractivity contribution is -0.617. The molecule has 0 aliphatic rings. The summed E-state index contributed by atoms with van der Waals surface area (Å²) < 4.78 is 61.1. The number of aryl methyl sites for hydroxylation is 1. The second-order valence-corrected chi connectivity index (χ2v) is 6.56. The van der Waals surface area contributed by atoms with E-state index in [1.165, 1.54) is 0 Å². The van der Waals surface area contributed by atoms with Crippen LogP contribution in [0.1, 0.15) is 0 Å². The Morgan fingerprint density at radius 2 is 1.29 bits per heavy atom. The highest BCUT2D eigenvalue weighted by Gasteiger charge is 2.36. The Hall–Kier alpha value is -1.90. The molecule has 1 heterocycles. The summed E-state index contributed by atoms with van der Waals surface area (Å²) in [6.07, 6.45) is 0. The molecule has 0 fully saturated rings. The highest BCUT2D eigenvalue weighted by Crippen LogP contribution is 2.28. The number of aromatic nitrogens is 1. The van der Waals surface area contributed by atoms with Gasteiger partial charge in [-0.05, 0) is 12.1 Å².